The van der Waals surface area contributed by atoms with E-state index in [4.69, 9.17) is 10.1 Å². The van der Waals surface area contributed by atoms with Crippen LogP contribution < -0.4 is 5.43 Å². The molecular formula is C23H30N2O4S. The third-order valence-electron chi connectivity index (χ3n) is 5.10. The molecular weight excluding hydrogens is 400 g/mol. The summed E-state index contributed by atoms with van der Waals surface area (Å²) in [6, 6.07) is 1.27. The Kier molecular flexibility index (Phi) is 7.66. The number of allylic oxidation sites excluding steroid dienone is 5. The van der Waals surface area contributed by atoms with Gasteiger partial charge in [0.05, 0.1) is 12.3 Å². The minimum atomic E-state index is -1.24. The Morgan fingerprint density at radius 3 is 2.60 bits per heavy atom. The first kappa shape index (κ1) is 23.9. The van der Waals surface area contributed by atoms with Gasteiger partial charge in [-0.2, -0.15) is 0 Å². The molecule has 0 fully saturated rings. The number of carbonyl (C=O) groups is 1. The quantitative estimate of drug-likeness (QED) is 0.649. The van der Waals surface area contributed by atoms with Crippen LogP contribution in [0.25, 0.3) is 6.08 Å². The standard InChI is InChI=1S/C23H30N2O4S/c1-14(13-29-6)30-20-9-7-8-16(21(20)24)10-17-11-19(26)18(22(27)28)12-25(17)15(2)23(3,4)5/h7-12,14-15,24H,13H2,1-6H3,(H,27,28)/b16-10+,24-21?. The summed E-state index contributed by atoms with van der Waals surface area (Å²) in [5.74, 6) is -1.24. The van der Waals surface area contributed by atoms with Crippen molar-refractivity contribution in [2.75, 3.05) is 13.7 Å². The summed E-state index contributed by atoms with van der Waals surface area (Å²) in [7, 11) is 1.65. The van der Waals surface area contributed by atoms with Crippen molar-refractivity contribution in [3.05, 3.63) is 62.5 Å². The maximum absolute atomic E-state index is 12.4. The molecule has 1 heterocycles. The fraction of sp³-hybridized carbons (Fsp3) is 0.435. The smallest absolute Gasteiger partial charge is 0.341 e. The van der Waals surface area contributed by atoms with Gasteiger partial charge in [0.25, 0.3) is 0 Å². The second kappa shape index (κ2) is 9.62. The molecule has 0 amide bonds. The summed E-state index contributed by atoms with van der Waals surface area (Å²) in [6.45, 7) is 10.8. The second-order valence-electron chi connectivity index (χ2n) is 8.48. The van der Waals surface area contributed by atoms with E-state index >= 15 is 0 Å². The Labute approximate surface area is 181 Å². The van der Waals surface area contributed by atoms with Crippen LogP contribution in [-0.2, 0) is 4.74 Å². The summed E-state index contributed by atoms with van der Waals surface area (Å²) in [6.07, 6.45) is 8.80. The SMILES string of the molecule is COCC(C)SC1=CC=C/C(=C\c2cc(=O)c(C(=O)O)cn2C(C)C(C)(C)C)C1=N. The molecule has 0 bridgehead atoms. The topological polar surface area (TPSA) is 92.4 Å². The monoisotopic (exact) mass is 430 g/mol. The highest BCUT2D eigenvalue weighted by Gasteiger charge is 2.25. The van der Waals surface area contributed by atoms with E-state index in [0.29, 0.717) is 23.6 Å². The lowest BCUT2D eigenvalue weighted by Crippen LogP contribution is -2.27. The van der Waals surface area contributed by atoms with E-state index in [0.717, 1.165) is 4.91 Å². The number of carboxylic acid groups (broad SMARTS) is 1. The predicted octanol–water partition coefficient (Wildman–Crippen LogP) is 4.78. The summed E-state index contributed by atoms with van der Waals surface area (Å²) in [5.41, 5.74) is 0.652. The molecule has 7 heteroatoms. The Morgan fingerprint density at radius 1 is 1.37 bits per heavy atom. The van der Waals surface area contributed by atoms with E-state index in [9.17, 15) is 14.7 Å². The van der Waals surface area contributed by atoms with E-state index in [1.54, 1.807) is 24.9 Å². The largest absolute Gasteiger partial charge is 0.477 e. The van der Waals surface area contributed by atoms with Crippen LogP contribution in [0.1, 0.15) is 56.7 Å². The third kappa shape index (κ3) is 5.61. The molecule has 0 spiro atoms. The summed E-state index contributed by atoms with van der Waals surface area (Å²) in [5, 5.41) is 18.2. The van der Waals surface area contributed by atoms with Crippen LogP contribution in [0.15, 0.2) is 45.8 Å². The molecule has 30 heavy (non-hydrogen) atoms. The molecule has 0 saturated carbocycles. The zero-order valence-corrected chi connectivity index (χ0v) is 19.2. The van der Waals surface area contributed by atoms with Crippen LogP contribution in [-0.4, -0.2) is 40.3 Å². The molecule has 1 aromatic heterocycles. The number of rotatable bonds is 7. The van der Waals surface area contributed by atoms with E-state index in [-0.39, 0.29) is 22.3 Å². The number of aromatic nitrogens is 1. The summed E-state index contributed by atoms with van der Waals surface area (Å²) >= 11 is 1.57. The van der Waals surface area contributed by atoms with Gasteiger partial charge in [-0.1, -0.05) is 39.8 Å². The number of carboxylic acids is 1. The molecule has 1 aliphatic carbocycles. The fourth-order valence-corrected chi connectivity index (χ4v) is 4.04. The van der Waals surface area contributed by atoms with E-state index < -0.39 is 11.4 Å². The lowest BCUT2D eigenvalue weighted by Gasteiger charge is -2.31. The fourth-order valence-electron chi connectivity index (χ4n) is 3.00. The van der Waals surface area contributed by atoms with Crippen molar-refractivity contribution in [2.24, 2.45) is 5.41 Å². The summed E-state index contributed by atoms with van der Waals surface area (Å²) < 4.78 is 7.00. The number of pyridine rings is 1. The highest BCUT2D eigenvalue weighted by atomic mass is 32.2. The number of hydrogen-bond donors (Lipinski definition) is 2. The molecule has 2 rings (SSSR count). The van der Waals surface area contributed by atoms with Gasteiger partial charge in [-0.05, 0) is 24.5 Å². The number of aromatic carboxylic acids is 1. The molecule has 162 valence electrons. The first-order valence-corrected chi connectivity index (χ1v) is 10.7. The van der Waals surface area contributed by atoms with Gasteiger partial charge >= 0.3 is 5.97 Å². The maximum atomic E-state index is 12.4. The van der Waals surface area contributed by atoms with Crippen molar-refractivity contribution in [3.63, 3.8) is 0 Å². The van der Waals surface area contributed by atoms with Gasteiger partial charge in [-0.15, -0.1) is 11.8 Å². The molecule has 2 N–H and O–H groups in total. The Balaban J connectivity index is 2.52. The van der Waals surface area contributed by atoms with Crippen LogP contribution in [0, 0.1) is 10.8 Å². The number of hydrogen-bond acceptors (Lipinski definition) is 5. The Hall–Kier alpha value is -2.38. The maximum Gasteiger partial charge on any atom is 0.341 e. The molecule has 1 aliphatic rings. The van der Waals surface area contributed by atoms with Crippen molar-refractivity contribution in [1.82, 2.24) is 4.57 Å². The molecule has 0 aromatic carbocycles. The first-order chi connectivity index (χ1) is 14.0. The van der Waals surface area contributed by atoms with Crippen molar-refractivity contribution < 1.29 is 14.6 Å². The molecule has 2 atom stereocenters. The lowest BCUT2D eigenvalue weighted by molar-refractivity contribution is 0.0693. The Morgan fingerprint density at radius 2 is 2.03 bits per heavy atom. The van der Waals surface area contributed by atoms with Crippen LogP contribution in [0.5, 0.6) is 0 Å². The molecule has 2 unspecified atom stereocenters. The number of thioether (sulfide) groups is 1. The zero-order valence-electron chi connectivity index (χ0n) is 18.4. The van der Waals surface area contributed by atoms with E-state index in [1.165, 1.54) is 12.3 Å². The van der Waals surface area contributed by atoms with Crippen LogP contribution >= 0.6 is 11.8 Å². The number of nitrogens with zero attached hydrogens (tertiary/aromatic N) is 1. The molecule has 0 saturated heterocycles. The number of ether oxygens (including phenoxy) is 1. The van der Waals surface area contributed by atoms with Crippen molar-refractivity contribution >= 4 is 29.5 Å². The summed E-state index contributed by atoms with van der Waals surface area (Å²) in [4.78, 5) is 24.7. The van der Waals surface area contributed by atoms with Crippen molar-refractivity contribution in [2.45, 2.75) is 45.9 Å². The number of nitrogens with one attached hydrogen (secondary N) is 1. The third-order valence-corrected chi connectivity index (χ3v) is 6.24. The van der Waals surface area contributed by atoms with Crippen LogP contribution in [0.2, 0.25) is 0 Å². The number of methoxy groups -OCH3 is 1. The predicted molar refractivity (Wildman–Crippen MR) is 124 cm³/mol. The van der Waals surface area contributed by atoms with Crippen molar-refractivity contribution in [1.29, 1.82) is 5.41 Å². The minimum Gasteiger partial charge on any atom is -0.477 e. The van der Waals surface area contributed by atoms with Gasteiger partial charge in [0.15, 0.2) is 5.43 Å². The normalized spacial score (nSPS) is 17.7. The van der Waals surface area contributed by atoms with E-state index in [1.807, 2.05) is 36.6 Å². The average molecular weight is 431 g/mol. The first-order valence-electron chi connectivity index (χ1n) is 9.80. The van der Waals surface area contributed by atoms with Gasteiger partial charge in [0, 0.05) is 46.8 Å². The molecule has 0 aliphatic heterocycles. The van der Waals surface area contributed by atoms with Gasteiger partial charge in [-0.25, -0.2) is 4.79 Å². The highest BCUT2D eigenvalue weighted by Crippen LogP contribution is 2.33. The highest BCUT2D eigenvalue weighted by molar-refractivity contribution is 8.04. The minimum absolute atomic E-state index is 0.0732. The Bertz CT molecular complexity index is 980. The van der Waals surface area contributed by atoms with Gasteiger partial charge in [0.2, 0.25) is 0 Å². The van der Waals surface area contributed by atoms with E-state index in [2.05, 4.69) is 20.8 Å². The molecule has 0 radical (unpaired) electrons. The van der Waals surface area contributed by atoms with Gasteiger partial charge in [-0.3, -0.25) is 10.2 Å². The van der Waals surface area contributed by atoms with Crippen LogP contribution in [0.4, 0.5) is 0 Å². The second-order valence-corrected chi connectivity index (χ2v) is 9.96. The zero-order chi connectivity index (χ0) is 22.6. The van der Waals surface area contributed by atoms with Gasteiger partial charge < -0.3 is 14.4 Å². The molecule has 1 aromatic rings. The average Bonchev–Trinajstić information content (AvgIpc) is 2.63. The van der Waals surface area contributed by atoms with Crippen molar-refractivity contribution in [3.8, 4) is 0 Å². The lowest BCUT2D eigenvalue weighted by atomic mass is 9.87. The van der Waals surface area contributed by atoms with Gasteiger partial charge in [0.1, 0.15) is 5.56 Å². The molecule has 6 nitrogen and oxygen atoms in total. The van der Waals surface area contributed by atoms with Crippen LogP contribution in [0.3, 0.4) is 0 Å².